The van der Waals surface area contributed by atoms with E-state index in [4.69, 9.17) is 5.73 Å². The van der Waals surface area contributed by atoms with Gasteiger partial charge in [-0.05, 0) is 92.2 Å². The fourth-order valence-electron chi connectivity index (χ4n) is 6.91. The average Bonchev–Trinajstić information content (AvgIpc) is 2.94. The number of guanidine groups is 1. The van der Waals surface area contributed by atoms with Crippen molar-refractivity contribution in [1.29, 1.82) is 0 Å². The van der Waals surface area contributed by atoms with Gasteiger partial charge in [0.2, 0.25) is 0 Å². The van der Waals surface area contributed by atoms with Gasteiger partial charge in [-0.25, -0.2) is 0 Å². The van der Waals surface area contributed by atoms with Gasteiger partial charge in [0.25, 0.3) is 0 Å². The van der Waals surface area contributed by atoms with Gasteiger partial charge in [0, 0.05) is 6.54 Å². The zero-order valence-electron chi connectivity index (χ0n) is 15.6. The van der Waals surface area contributed by atoms with Crippen LogP contribution < -0.4 is 5.73 Å². The number of aromatic hydroxyl groups is 1. The summed E-state index contributed by atoms with van der Waals surface area (Å²) in [7, 11) is 0. The molecule has 4 aliphatic carbocycles. The zero-order chi connectivity index (χ0) is 17.7. The number of nitrogens with zero attached hydrogens (tertiary/aromatic N) is 2. The molecule has 4 nitrogen and oxygen atoms in total. The Hall–Kier alpha value is -1.71. The smallest absolute Gasteiger partial charge is 0.191 e. The maximum absolute atomic E-state index is 9.49. The first kappa shape index (κ1) is 16.5. The summed E-state index contributed by atoms with van der Waals surface area (Å²) >= 11 is 0. The third-order valence-electron chi connectivity index (χ3n) is 7.65. The zero-order valence-corrected chi connectivity index (χ0v) is 15.6. The van der Waals surface area contributed by atoms with Crippen molar-refractivity contribution in [3.8, 4) is 5.75 Å². The summed E-state index contributed by atoms with van der Waals surface area (Å²) in [4.78, 5) is 6.92. The average molecular weight is 354 g/mol. The van der Waals surface area contributed by atoms with E-state index >= 15 is 0 Å². The molecule has 0 amide bonds. The quantitative estimate of drug-likeness (QED) is 0.851. The second-order valence-corrected chi connectivity index (χ2v) is 9.58. The van der Waals surface area contributed by atoms with Crippen LogP contribution in [0.15, 0.2) is 29.3 Å². The van der Waals surface area contributed by atoms with Crippen LogP contribution in [0.4, 0.5) is 0 Å². The molecule has 0 radical (unpaired) electrons. The second kappa shape index (κ2) is 6.17. The number of hydrogen-bond donors (Lipinski definition) is 2. The predicted octanol–water partition coefficient (Wildman–Crippen LogP) is 3.54. The van der Waals surface area contributed by atoms with Crippen molar-refractivity contribution in [2.75, 3.05) is 13.1 Å². The van der Waals surface area contributed by atoms with Gasteiger partial charge in [-0.1, -0.05) is 12.1 Å². The molecule has 6 rings (SSSR count). The summed E-state index contributed by atoms with van der Waals surface area (Å²) in [6.45, 7) is 1.86. The van der Waals surface area contributed by atoms with E-state index in [1.807, 2.05) is 12.1 Å². The molecular weight excluding hydrogens is 322 g/mol. The fraction of sp³-hybridized carbons (Fsp3) is 0.682. The maximum atomic E-state index is 9.49. The number of nitrogens with two attached hydrogens (primary N) is 1. The Morgan fingerprint density at radius 3 is 2.27 bits per heavy atom. The Bertz CT molecular complexity index is 661. The molecule has 1 heterocycles. The first-order chi connectivity index (χ1) is 12.6. The van der Waals surface area contributed by atoms with Crippen LogP contribution in [0.2, 0.25) is 0 Å². The lowest BCUT2D eigenvalue weighted by Gasteiger charge is -2.57. The van der Waals surface area contributed by atoms with E-state index in [1.165, 1.54) is 50.5 Å². The Morgan fingerprint density at radius 2 is 1.65 bits per heavy atom. The van der Waals surface area contributed by atoms with Crippen LogP contribution in [-0.2, 0) is 6.42 Å². The Kier molecular flexibility index (Phi) is 3.91. The molecule has 4 saturated carbocycles. The minimum Gasteiger partial charge on any atom is -0.508 e. The molecular formula is C22H31N3O. The normalized spacial score (nSPS) is 38.0. The minimum atomic E-state index is 0.328. The van der Waals surface area contributed by atoms with Crippen LogP contribution in [0.3, 0.4) is 0 Å². The molecule has 26 heavy (non-hydrogen) atoms. The molecule has 1 atom stereocenters. The fourth-order valence-corrected chi connectivity index (χ4v) is 6.91. The molecule has 5 aliphatic rings. The molecule has 1 aromatic rings. The Morgan fingerprint density at radius 1 is 1.04 bits per heavy atom. The molecule has 3 N–H and O–H groups in total. The number of hydrogen-bond acceptors (Lipinski definition) is 4. The van der Waals surface area contributed by atoms with Gasteiger partial charge in [-0.15, -0.1) is 0 Å². The molecule has 0 spiro atoms. The van der Waals surface area contributed by atoms with E-state index in [0.717, 1.165) is 43.2 Å². The van der Waals surface area contributed by atoms with Gasteiger partial charge in [0.1, 0.15) is 5.75 Å². The van der Waals surface area contributed by atoms with E-state index in [9.17, 15) is 5.11 Å². The summed E-state index contributed by atoms with van der Waals surface area (Å²) in [5.74, 6) is 4.10. The molecule has 0 aromatic heterocycles. The third kappa shape index (κ3) is 2.97. The highest BCUT2D eigenvalue weighted by Gasteiger charge is 2.50. The molecule has 0 unspecified atom stereocenters. The van der Waals surface area contributed by atoms with Crippen LogP contribution in [0, 0.1) is 23.2 Å². The second-order valence-electron chi connectivity index (χ2n) is 9.58. The SMILES string of the molecule is NC1=NC[C@H](Cc2ccc(O)cc2)N1CCC12CC3CC(CC(C3)C1)C2. The van der Waals surface area contributed by atoms with Crippen LogP contribution >= 0.6 is 0 Å². The van der Waals surface area contributed by atoms with E-state index in [2.05, 4.69) is 9.89 Å². The highest BCUT2D eigenvalue weighted by atomic mass is 16.3. The number of phenolic OH excluding ortho intramolecular Hbond substituents is 1. The summed E-state index contributed by atoms with van der Waals surface area (Å²) in [6, 6.07) is 7.94. The van der Waals surface area contributed by atoms with Gasteiger partial charge in [-0.2, -0.15) is 0 Å². The van der Waals surface area contributed by atoms with Crippen molar-refractivity contribution in [2.24, 2.45) is 33.9 Å². The van der Waals surface area contributed by atoms with Crippen molar-refractivity contribution in [3.05, 3.63) is 29.8 Å². The number of aliphatic imine (C=N–C) groups is 1. The largest absolute Gasteiger partial charge is 0.508 e. The molecule has 0 saturated heterocycles. The third-order valence-corrected chi connectivity index (χ3v) is 7.65. The summed E-state index contributed by atoms with van der Waals surface area (Å²) in [5, 5.41) is 9.49. The van der Waals surface area contributed by atoms with Crippen LogP contribution in [-0.4, -0.2) is 35.1 Å². The highest BCUT2D eigenvalue weighted by molar-refractivity contribution is 5.80. The minimum absolute atomic E-state index is 0.328. The summed E-state index contributed by atoms with van der Waals surface area (Å²) in [6.07, 6.45) is 11.2. The maximum Gasteiger partial charge on any atom is 0.191 e. The van der Waals surface area contributed by atoms with Crippen molar-refractivity contribution in [3.63, 3.8) is 0 Å². The van der Waals surface area contributed by atoms with Crippen molar-refractivity contribution >= 4 is 5.96 Å². The standard InChI is InChI=1S/C22H31N3O/c23-21-24-14-19(10-15-1-3-20(26)4-2-15)25(21)6-5-22-11-16-7-17(12-22)9-18(8-16)13-22/h1-4,16-19,26H,5-14H2,(H2,23,24)/t16?,17?,18?,19-,22?/m0/s1. The molecule has 4 fully saturated rings. The van der Waals surface area contributed by atoms with Crippen LogP contribution in [0.5, 0.6) is 5.75 Å². The predicted molar refractivity (Wildman–Crippen MR) is 104 cm³/mol. The lowest BCUT2D eigenvalue weighted by molar-refractivity contribution is -0.0596. The Balaban J connectivity index is 1.25. The lowest BCUT2D eigenvalue weighted by Crippen LogP contribution is -2.49. The van der Waals surface area contributed by atoms with Gasteiger partial charge >= 0.3 is 0 Å². The van der Waals surface area contributed by atoms with E-state index in [-0.39, 0.29) is 0 Å². The van der Waals surface area contributed by atoms with Gasteiger partial charge < -0.3 is 15.7 Å². The van der Waals surface area contributed by atoms with Crippen molar-refractivity contribution in [2.45, 2.75) is 57.4 Å². The number of benzene rings is 1. The monoisotopic (exact) mass is 353 g/mol. The van der Waals surface area contributed by atoms with Crippen LogP contribution in [0.1, 0.15) is 50.5 Å². The van der Waals surface area contributed by atoms with Gasteiger partial charge in [0.15, 0.2) is 5.96 Å². The summed E-state index contributed by atoms with van der Waals surface area (Å²) in [5.41, 5.74) is 8.11. The highest BCUT2D eigenvalue weighted by Crippen LogP contribution is 2.61. The molecule has 1 aliphatic heterocycles. The van der Waals surface area contributed by atoms with E-state index < -0.39 is 0 Å². The first-order valence-electron chi connectivity index (χ1n) is 10.4. The molecule has 140 valence electrons. The Labute approximate surface area is 156 Å². The van der Waals surface area contributed by atoms with E-state index in [0.29, 0.717) is 17.2 Å². The van der Waals surface area contributed by atoms with Crippen molar-refractivity contribution in [1.82, 2.24) is 4.90 Å². The lowest BCUT2D eigenvalue weighted by atomic mass is 9.49. The molecule has 1 aromatic carbocycles. The first-order valence-corrected chi connectivity index (χ1v) is 10.4. The molecule has 4 bridgehead atoms. The van der Waals surface area contributed by atoms with Crippen LogP contribution in [0.25, 0.3) is 0 Å². The number of rotatable bonds is 5. The van der Waals surface area contributed by atoms with Crippen molar-refractivity contribution < 1.29 is 5.11 Å². The summed E-state index contributed by atoms with van der Waals surface area (Å²) < 4.78 is 0. The number of phenols is 1. The van der Waals surface area contributed by atoms with E-state index in [1.54, 1.807) is 12.1 Å². The molecule has 4 heteroatoms. The van der Waals surface area contributed by atoms with Gasteiger partial charge in [-0.3, -0.25) is 4.99 Å². The van der Waals surface area contributed by atoms with Gasteiger partial charge in [0.05, 0.1) is 12.6 Å². The topological polar surface area (TPSA) is 61.9 Å².